The number of carbonyl (C=O) groups excluding carboxylic acids is 1. The SMILES string of the molecule is C[C@@H]1Cc2c(ccc3[nH]c(=O)oc23)[C@@H](c2c(F)cc(OCCNC/C=C/C(=O)N(C)C)cc2F)N1CC(F)(F)F. The summed E-state index contributed by atoms with van der Waals surface area (Å²) < 4.78 is 82.4. The molecule has 0 fully saturated rings. The van der Waals surface area contributed by atoms with Gasteiger partial charge in [0.05, 0.1) is 18.1 Å². The maximum absolute atomic E-state index is 15.5. The molecule has 2 heterocycles. The zero-order chi connectivity index (χ0) is 29.2. The van der Waals surface area contributed by atoms with E-state index in [0.717, 1.165) is 17.0 Å². The van der Waals surface area contributed by atoms with E-state index in [2.05, 4.69) is 10.3 Å². The standard InChI is InChI=1S/C27H29F5N4O4/c1-15-11-18-17(6-7-21-25(18)40-26(38)34-21)24(36(15)14-27(30,31)32)23-19(28)12-16(13-20(23)29)39-10-9-33-8-4-5-22(37)35(2)3/h4-7,12-13,15,24,33H,8-11,14H2,1-3H3,(H,34,38)/b5-4+/t15-,24+/m1/s1. The van der Waals surface area contributed by atoms with Gasteiger partial charge in [0.1, 0.15) is 24.0 Å². The smallest absolute Gasteiger partial charge is 0.417 e. The van der Waals surface area contributed by atoms with Crippen molar-refractivity contribution < 1.29 is 35.9 Å². The number of amides is 1. The summed E-state index contributed by atoms with van der Waals surface area (Å²) >= 11 is 0. The number of halogens is 5. The van der Waals surface area contributed by atoms with E-state index in [9.17, 15) is 22.8 Å². The van der Waals surface area contributed by atoms with Crippen LogP contribution < -0.4 is 15.8 Å². The number of benzene rings is 2. The van der Waals surface area contributed by atoms with E-state index in [1.807, 2.05) is 0 Å². The molecule has 0 spiro atoms. The van der Waals surface area contributed by atoms with Crippen molar-refractivity contribution in [1.29, 1.82) is 0 Å². The molecule has 2 N–H and O–H groups in total. The number of oxazole rings is 1. The van der Waals surface area contributed by atoms with E-state index in [-0.39, 0.29) is 35.8 Å². The van der Waals surface area contributed by atoms with Gasteiger partial charge in [0.25, 0.3) is 0 Å². The Morgan fingerprint density at radius 3 is 2.60 bits per heavy atom. The van der Waals surface area contributed by atoms with Gasteiger partial charge in [0, 0.05) is 62.6 Å². The fourth-order valence-electron chi connectivity index (χ4n) is 4.82. The van der Waals surface area contributed by atoms with Crippen LogP contribution in [-0.2, 0) is 11.2 Å². The van der Waals surface area contributed by atoms with E-state index < -0.39 is 47.8 Å². The number of nitrogens with one attached hydrogen (secondary N) is 2. The van der Waals surface area contributed by atoms with E-state index in [1.165, 1.54) is 30.0 Å². The van der Waals surface area contributed by atoms with Crippen LogP contribution in [0.15, 0.2) is 45.6 Å². The maximum Gasteiger partial charge on any atom is 0.417 e. The molecule has 216 valence electrons. The van der Waals surface area contributed by atoms with Gasteiger partial charge >= 0.3 is 11.9 Å². The first-order chi connectivity index (χ1) is 18.9. The van der Waals surface area contributed by atoms with E-state index in [1.54, 1.807) is 20.2 Å². The highest BCUT2D eigenvalue weighted by molar-refractivity contribution is 5.87. The third-order valence-electron chi connectivity index (χ3n) is 6.62. The molecule has 0 saturated heterocycles. The van der Waals surface area contributed by atoms with Gasteiger partial charge in [-0.2, -0.15) is 13.2 Å². The monoisotopic (exact) mass is 568 g/mol. The molecule has 1 amide bonds. The van der Waals surface area contributed by atoms with Crippen molar-refractivity contribution in [1.82, 2.24) is 20.1 Å². The Kier molecular flexibility index (Phi) is 8.64. The summed E-state index contributed by atoms with van der Waals surface area (Å²) in [7, 11) is 3.25. The lowest BCUT2D eigenvalue weighted by atomic mass is 9.84. The zero-order valence-electron chi connectivity index (χ0n) is 22.1. The summed E-state index contributed by atoms with van der Waals surface area (Å²) in [5.74, 6) is -3.18. The Labute approximate surface area is 226 Å². The third-order valence-corrected chi connectivity index (χ3v) is 6.62. The number of likely N-dealkylation sites (N-methyl/N-ethyl adjacent to an activating group) is 1. The number of hydrogen-bond donors (Lipinski definition) is 2. The van der Waals surface area contributed by atoms with Crippen LogP contribution >= 0.6 is 0 Å². The highest BCUT2D eigenvalue weighted by Crippen LogP contribution is 2.43. The molecule has 13 heteroatoms. The van der Waals surface area contributed by atoms with Crippen LogP contribution in [0.2, 0.25) is 0 Å². The highest BCUT2D eigenvalue weighted by Gasteiger charge is 2.43. The Morgan fingerprint density at radius 1 is 1.25 bits per heavy atom. The second-order valence-electron chi connectivity index (χ2n) is 9.76. The summed E-state index contributed by atoms with van der Waals surface area (Å²) in [6, 6.07) is 2.56. The largest absolute Gasteiger partial charge is 0.492 e. The third kappa shape index (κ3) is 6.53. The molecule has 1 aliphatic heterocycles. The van der Waals surface area contributed by atoms with Crippen LogP contribution in [-0.4, -0.2) is 73.2 Å². The van der Waals surface area contributed by atoms with Crippen molar-refractivity contribution in [3.8, 4) is 5.75 Å². The number of ether oxygens (including phenoxy) is 1. The molecule has 0 radical (unpaired) electrons. The van der Waals surface area contributed by atoms with Gasteiger partial charge in [-0.25, -0.2) is 13.6 Å². The Hall–Kier alpha value is -3.71. The zero-order valence-corrected chi connectivity index (χ0v) is 22.1. The van der Waals surface area contributed by atoms with E-state index in [0.29, 0.717) is 24.2 Å². The molecule has 1 aliphatic rings. The molecular weight excluding hydrogens is 539 g/mol. The average Bonchev–Trinajstić information content (AvgIpc) is 3.24. The van der Waals surface area contributed by atoms with Crippen molar-refractivity contribution >= 4 is 17.0 Å². The number of fused-ring (bicyclic) bond motifs is 3. The fraction of sp³-hybridized carbons (Fsp3) is 0.407. The first-order valence-electron chi connectivity index (χ1n) is 12.5. The van der Waals surface area contributed by atoms with Crippen molar-refractivity contribution in [2.75, 3.05) is 40.3 Å². The van der Waals surface area contributed by atoms with E-state index in [4.69, 9.17) is 9.15 Å². The number of hydrogen-bond acceptors (Lipinski definition) is 6. The van der Waals surface area contributed by atoms with Gasteiger partial charge in [-0.3, -0.25) is 14.7 Å². The van der Waals surface area contributed by atoms with Crippen LogP contribution in [0.25, 0.3) is 11.1 Å². The van der Waals surface area contributed by atoms with Crippen LogP contribution in [0.1, 0.15) is 29.7 Å². The second-order valence-corrected chi connectivity index (χ2v) is 9.76. The van der Waals surface area contributed by atoms with Gasteiger partial charge in [-0.15, -0.1) is 0 Å². The summed E-state index contributed by atoms with van der Waals surface area (Å²) in [4.78, 5) is 28.2. The predicted octanol–water partition coefficient (Wildman–Crippen LogP) is 3.91. The summed E-state index contributed by atoms with van der Waals surface area (Å²) in [6.45, 7) is 0.841. The molecule has 8 nitrogen and oxygen atoms in total. The number of aromatic nitrogens is 1. The van der Waals surface area contributed by atoms with Gasteiger partial charge in [0.15, 0.2) is 5.58 Å². The maximum atomic E-state index is 15.5. The van der Waals surface area contributed by atoms with E-state index >= 15 is 8.78 Å². The molecule has 40 heavy (non-hydrogen) atoms. The fourth-order valence-corrected chi connectivity index (χ4v) is 4.82. The van der Waals surface area contributed by atoms with Crippen LogP contribution in [0.3, 0.4) is 0 Å². The number of carbonyl (C=O) groups is 1. The van der Waals surface area contributed by atoms with Crippen molar-refractivity contribution in [2.24, 2.45) is 0 Å². The molecule has 4 rings (SSSR count). The number of nitrogens with zero attached hydrogens (tertiary/aromatic N) is 2. The first-order valence-corrected chi connectivity index (χ1v) is 12.5. The van der Waals surface area contributed by atoms with Gasteiger partial charge in [0.2, 0.25) is 5.91 Å². The molecule has 0 aliphatic carbocycles. The molecule has 1 aromatic heterocycles. The topological polar surface area (TPSA) is 90.8 Å². The Bertz CT molecular complexity index is 1440. The summed E-state index contributed by atoms with van der Waals surface area (Å²) in [5.41, 5.74) is 0.570. The average molecular weight is 569 g/mol. The minimum atomic E-state index is -4.63. The van der Waals surface area contributed by atoms with Gasteiger partial charge < -0.3 is 19.4 Å². The minimum Gasteiger partial charge on any atom is -0.492 e. The molecular formula is C27H29F5N4O4. The number of alkyl halides is 3. The molecule has 0 saturated carbocycles. The molecule has 2 aromatic carbocycles. The Morgan fingerprint density at radius 2 is 1.95 bits per heavy atom. The minimum absolute atomic E-state index is 0.0433. The first kappa shape index (κ1) is 29.3. The van der Waals surface area contributed by atoms with Gasteiger partial charge in [-0.05, 0) is 25.0 Å². The van der Waals surface area contributed by atoms with Crippen LogP contribution in [0.4, 0.5) is 22.0 Å². The van der Waals surface area contributed by atoms with Crippen LogP contribution in [0, 0.1) is 11.6 Å². The summed E-state index contributed by atoms with van der Waals surface area (Å²) in [5, 5.41) is 2.98. The second kappa shape index (κ2) is 11.8. The predicted molar refractivity (Wildman–Crippen MR) is 137 cm³/mol. The number of rotatable bonds is 9. The highest BCUT2D eigenvalue weighted by atomic mass is 19.4. The lowest BCUT2D eigenvalue weighted by molar-refractivity contribution is -0.155. The quantitative estimate of drug-likeness (QED) is 0.231. The Balaban J connectivity index is 1.58. The van der Waals surface area contributed by atoms with Crippen molar-refractivity contribution in [3.63, 3.8) is 0 Å². The van der Waals surface area contributed by atoms with Crippen molar-refractivity contribution in [2.45, 2.75) is 31.6 Å². The van der Waals surface area contributed by atoms with Crippen LogP contribution in [0.5, 0.6) is 5.75 Å². The number of H-pyrrole nitrogens is 1. The molecule has 0 unspecified atom stereocenters. The molecule has 3 aromatic rings. The summed E-state index contributed by atoms with van der Waals surface area (Å²) in [6.07, 6.45) is -1.53. The van der Waals surface area contributed by atoms with Crippen molar-refractivity contribution in [3.05, 3.63) is 75.3 Å². The number of aromatic amines is 1. The van der Waals surface area contributed by atoms with Gasteiger partial charge in [-0.1, -0.05) is 12.1 Å². The lowest BCUT2D eigenvalue weighted by Crippen LogP contribution is -2.47. The normalized spacial score (nSPS) is 17.9. The molecule has 2 atom stereocenters. The lowest BCUT2D eigenvalue weighted by Gasteiger charge is -2.42. The molecule has 0 bridgehead atoms.